The third-order valence-corrected chi connectivity index (χ3v) is 3.92. The van der Waals surface area contributed by atoms with Gasteiger partial charge in [0, 0.05) is 23.4 Å². The molecule has 0 aliphatic carbocycles. The first kappa shape index (κ1) is 20.5. The Hall–Kier alpha value is -2.83. The molecule has 2 rings (SSSR count). The summed E-state index contributed by atoms with van der Waals surface area (Å²) >= 11 is 0. The number of rotatable bonds is 7. The van der Waals surface area contributed by atoms with Gasteiger partial charge in [-0.1, -0.05) is 25.8 Å². The minimum Gasteiger partial charge on any atom is -0.352 e. The average Bonchev–Trinajstić information content (AvgIpc) is 2.64. The highest BCUT2D eigenvalue weighted by atomic mass is 19.4. The monoisotopic (exact) mass is 378 g/mol. The van der Waals surface area contributed by atoms with E-state index in [9.17, 15) is 22.8 Å². The van der Waals surface area contributed by atoms with Crippen molar-refractivity contribution in [3.63, 3.8) is 0 Å². The fraction of sp³-hybridized carbons (Fsp3) is 0.300. The van der Waals surface area contributed by atoms with E-state index in [-0.39, 0.29) is 17.2 Å². The molecule has 2 amide bonds. The summed E-state index contributed by atoms with van der Waals surface area (Å²) in [5.74, 6) is -0.778. The van der Waals surface area contributed by atoms with Gasteiger partial charge in [0.25, 0.3) is 11.8 Å². The van der Waals surface area contributed by atoms with Crippen LogP contribution in [0.3, 0.4) is 0 Å². The molecule has 27 heavy (non-hydrogen) atoms. The summed E-state index contributed by atoms with van der Waals surface area (Å²) in [5.41, 5.74) is -0.125. The first-order valence-corrected chi connectivity index (χ1v) is 8.68. The molecule has 0 saturated heterocycles. The van der Waals surface area contributed by atoms with Crippen LogP contribution in [0, 0.1) is 0 Å². The summed E-state index contributed by atoms with van der Waals surface area (Å²) in [4.78, 5) is 24.2. The van der Waals surface area contributed by atoms with Crippen molar-refractivity contribution in [2.45, 2.75) is 32.4 Å². The van der Waals surface area contributed by atoms with E-state index in [1.54, 1.807) is 0 Å². The van der Waals surface area contributed by atoms with Crippen LogP contribution in [-0.4, -0.2) is 18.4 Å². The Balaban J connectivity index is 1.98. The van der Waals surface area contributed by atoms with Crippen molar-refractivity contribution in [1.29, 1.82) is 0 Å². The maximum atomic E-state index is 12.7. The van der Waals surface area contributed by atoms with Gasteiger partial charge in [-0.2, -0.15) is 13.2 Å². The largest absolute Gasteiger partial charge is 0.416 e. The van der Waals surface area contributed by atoms with Crippen LogP contribution in [0.5, 0.6) is 0 Å². The highest BCUT2D eigenvalue weighted by molar-refractivity contribution is 6.05. The predicted octanol–water partition coefficient (Wildman–Crippen LogP) is 4.88. The Labute approximate surface area is 155 Å². The van der Waals surface area contributed by atoms with E-state index in [0.717, 1.165) is 31.4 Å². The van der Waals surface area contributed by atoms with Gasteiger partial charge in [-0.25, -0.2) is 0 Å². The van der Waals surface area contributed by atoms with Gasteiger partial charge in [-0.05, 0) is 48.9 Å². The first-order valence-electron chi connectivity index (χ1n) is 8.68. The van der Waals surface area contributed by atoms with E-state index in [4.69, 9.17) is 0 Å². The van der Waals surface area contributed by atoms with Gasteiger partial charge in [0.05, 0.1) is 5.56 Å². The number of hydrogen-bond donors (Lipinski definition) is 2. The summed E-state index contributed by atoms with van der Waals surface area (Å²) < 4.78 is 38.2. The summed E-state index contributed by atoms with van der Waals surface area (Å²) in [6, 6.07) is 10.4. The van der Waals surface area contributed by atoms with Crippen molar-refractivity contribution >= 4 is 17.5 Å². The van der Waals surface area contributed by atoms with Crippen LogP contribution in [0.4, 0.5) is 18.9 Å². The average molecular weight is 378 g/mol. The Morgan fingerprint density at radius 2 is 1.56 bits per heavy atom. The smallest absolute Gasteiger partial charge is 0.352 e. The lowest BCUT2D eigenvalue weighted by Crippen LogP contribution is -2.24. The molecule has 0 bridgehead atoms. The third-order valence-electron chi connectivity index (χ3n) is 3.92. The van der Waals surface area contributed by atoms with Gasteiger partial charge in [-0.3, -0.25) is 9.59 Å². The number of benzene rings is 2. The number of unbranched alkanes of at least 4 members (excludes halogenated alkanes) is 2. The van der Waals surface area contributed by atoms with Gasteiger partial charge >= 0.3 is 6.18 Å². The number of carbonyl (C=O) groups excluding carboxylic acids is 2. The minimum atomic E-state index is -4.48. The zero-order valence-corrected chi connectivity index (χ0v) is 14.9. The fourth-order valence-electron chi connectivity index (χ4n) is 2.43. The molecule has 144 valence electrons. The quantitative estimate of drug-likeness (QED) is 0.675. The van der Waals surface area contributed by atoms with Crippen LogP contribution in [0.2, 0.25) is 0 Å². The molecule has 0 radical (unpaired) electrons. The standard InChI is InChI=1S/C20H21F3N2O2/c1-2-3-4-12-24-18(26)14-8-10-15(11-9-14)19(27)25-17-7-5-6-16(13-17)20(21,22)23/h5-11,13H,2-4,12H2,1H3,(H,24,26)(H,25,27). The molecule has 0 heterocycles. The topological polar surface area (TPSA) is 58.2 Å². The summed E-state index contributed by atoms with van der Waals surface area (Å²) in [6.45, 7) is 2.66. The Kier molecular flexibility index (Phi) is 6.98. The van der Waals surface area contributed by atoms with Crippen molar-refractivity contribution in [1.82, 2.24) is 5.32 Å². The van der Waals surface area contributed by atoms with Crippen molar-refractivity contribution in [3.05, 3.63) is 65.2 Å². The Morgan fingerprint density at radius 3 is 2.15 bits per heavy atom. The molecule has 2 N–H and O–H groups in total. The Bertz CT molecular complexity index is 787. The van der Waals surface area contributed by atoms with Gasteiger partial charge in [-0.15, -0.1) is 0 Å². The zero-order chi connectivity index (χ0) is 19.9. The lowest BCUT2D eigenvalue weighted by Gasteiger charge is -2.10. The molecule has 7 heteroatoms. The zero-order valence-electron chi connectivity index (χ0n) is 14.9. The second-order valence-electron chi connectivity index (χ2n) is 6.07. The van der Waals surface area contributed by atoms with E-state index < -0.39 is 17.6 Å². The molecule has 0 unspecified atom stereocenters. The number of carbonyl (C=O) groups is 2. The number of anilines is 1. The number of amides is 2. The van der Waals surface area contributed by atoms with E-state index in [1.165, 1.54) is 36.4 Å². The molecule has 0 aromatic heterocycles. The van der Waals surface area contributed by atoms with Crippen LogP contribution < -0.4 is 10.6 Å². The number of alkyl halides is 3. The Morgan fingerprint density at radius 1 is 0.926 bits per heavy atom. The maximum Gasteiger partial charge on any atom is 0.416 e. The molecule has 2 aromatic carbocycles. The molecular formula is C20H21F3N2O2. The second-order valence-corrected chi connectivity index (χ2v) is 6.07. The van der Waals surface area contributed by atoms with Crippen LogP contribution in [0.25, 0.3) is 0 Å². The van der Waals surface area contributed by atoms with Gasteiger partial charge in [0.2, 0.25) is 0 Å². The highest BCUT2D eigenvalue weighted by Gasteiger charge is 2.30. The summed E-state index contributed by atoms with van der Waals surface area (Å²) in [6.07, 6.45) is -1.48. The molecule has 2 aromatic rings. The number of hydrogen-bond acceptors (Lipinski definition) is 2. The molecule has 0 aliphatic heterocycles. The molecular weight excluding hydrogens is 357 g/mol. The van der Waals surface area contributed by atoms with Crippen LogP contribution in [-0.2, 0) is 6.18 Å². The molecule has 4 nitrogen and oxygen atoms in total. The predicted molar refractivity (Wildman–Crippen MR) is 97.7 cm³/mol. The van der Waals surface area contributed by atoms with Crippen molar-refractivity contribution in [2.24, 2.45) is 0 Å². The molecule has 0 aliphatic rings. The molecule has 0 spiro atoms. The van der Waals surface area contributed by atoms with Crippen LogP contribution >= 0.6 is 0 Å². The SMILES string of the molecule is CCCCCNC(=O)c1ccc(C(=O)Nc2cccc(C(F)(F)F)c2)cc1. The number of nitrogens with one attached hydrogen (secondary N) is 2. The minimum absolute atomic E-state index is 0.0487. The fourth-order valence-corrected chi connectivity index (χ4v) is 2.43. The van der Waals surface area contributed by atoms with E-state index in [1.807, 2.05) is 0 Å². The highest BCUT2D eigenvalue weighted by Crippen LogP contribution is 2.30. The van der Waals surface area contributed by atoms with Gasteiger partial charge in [0.1, 0.15) is 0 Å². The molecule has 0 atom stereocenters. The first-order chi connectivity index (χ1) is 12.8. The van der Waals surface area contributed by atoms with Gasteiger partial charge < -0.3 is 10.6 Å². The van der Waals surface area contributed by atoms with E-state index >= 15 is 0 Å². The summed E-state index contributed by atoms with van der Waals surface area (Å²) in [5, 5.41) is 5.22. The van der Waals surface area contributed by atoms with Gasteiger partial charge in [0.15, 0.2) is 0 Å². The molecule has 0 fully saturated rings. The van der Waals surface area contributed by atoms with Crippen molar-refractivity contribution in [3.8, 4) is 0 Å². The normalized spacial score (nSPS) is 11.1. The van der Waals surface area contributed by atoms with E-state index in [0.29, 0.717) is 12.1 Å². The van der Waals surface area contributed by atoms with Crippen LogP contribution in [0.1, 0.15) is 52.5 Å². The van der Waals surface area contributed by atoms with Crippen molar-refractivity contribution in [2.75, 3.05) is 11.9 Å². The lowest BCUT2D eigenvalue weighted by atomic mass is 10.1. The summed E-state index contributed by atoms with van der Waals surface area (Å²) in [7, 11) is 0. The third kappa shape index (κ3) is 6.13. The van der Waals surface area contributed by atoms with E-state index in [2.05, 4.69) is 17.6 Å². The number of halogens is 3. The lowest BCUT2D eigenvalue weighted by molar-refractivity contribution is -0.137. The van der Waals surface area contributed by atoms with Crippen LogP contribution in [0.15, 0.2) is 48.5 Å². The maximum absolute atomic E-state index is 12.7. The van der Waals surface area contributed by atoms with Crippen molar-refractivity contribution < 1.29 is 22.8 Å². The molecule has 0 saturated carbocycles. The second kappa shape index (κ2) is 9.21.